The SMILES string of the molecule is CCc1ccc2c(c1)C(=O)NC2=O. The van der Waals surface area contributed by atoms with E-state index in [1.807, 2.05) is 13.0 Å². The van der Waals surface area contributed by atoms with Gasteiger partial charge in [-0.2, -0.15) is 0 Å². The molecular formula is C10H9NO2. The van der Waals surface area contributed by atoms with E-state index in [-0.39, 0.29) is 11.8 Å². The number of aryl methyl sites for hydroxylation is 1. The average Bonchev–Trinajstić information content (AvgIpc) is 2.42. The molecule has 2 amide bonds. The lowest BCUT2D eigenvalue weighted by Crippen LogP contribution is -2.19. The summed E-state index contributed by atoms with van der Waals surface area (Å²) in [5.74, 6) is -0.571. The Morgan fingerprint density at radius 2 is 1.85 bits per heavy atom. The Balaban J connectivity index is 2.58. The predicted molar refractivity (Wildman–Crippen MR) is 47.6 cm³/mol. The summed E-state index contributed by atoms with van der Waals surface area (Å²) >= 11 is 0. The molecule has 1 heterocycles. The summed E-state index contributed by atoms with van der Waals surface area (Å²) in [6.07, 6.45) is 0.870. The van der Waals surface area contributed by atoms with Crippen molar-refractivity contribution in [1.82, 2.24) is 5.32 Å². The van der Waals surface area contributed by atoms with Gasteiger partial charge in [0, 0.05) is 0 Å². The van der Waals surface area contributed by atoms with Crippen LogP contribution in [0.4, 0.5) is 0 Å². The van der Waals surface area contributed by atoms with Crippen molar-refractivity contribution >= 4 is 11.8 Å². The van der Waals surface area contributed by atoms with E-state index in [0.29, 0.717) is 11.1 Å². The van der Waals surface area contributed by atoms with Crippen LogP contribution in [0.15, 0.2) is 18.2 Å². The number of hydrogen-bond donors (Lipinski definition) is 1. The maximum atomic E-state index is 11.2. The number of imide groups is 1. The van der Waals surface area contributed by atoms with Crippen molar-refractivity contribution in [3.63, 3.8) is 0 Å². The normalized spacial score (nSPS) is 14.2. The second kappa shape index (κ2) is 2.69. The second-order valence-electron chi connectivity index (χ2n) is 3.02. The maximum absolute atomic E-state index is 11.2. The molecule has 1 aliphatic rings. The van der Waals surface area contributed by atoms with Gasteiger partial charge in [0.05, 0.1) is 11.1 Å². The molecule has 0 spiro atoms. The van der Waals surface area contributed by atoms with Gasteiger partial charge in [0.15, 0.2) is 0 Å². The monoisotopic (exact) mass is 175 g/mol. The molecule has 66 valence electrons. The summed E-state index contributed by atoms with van der Waals surface area (Å²) in [5.41, 5.74) is 2.06. The lowest BCUT2D eigenvalue weighted by atomic mass is 10.0. The van der Waals surface area contributed by atoms with Crippen LogP contribution in [0.1, 0.15) is 33.2 Å². The van der Waals surface area contributed by atoms with E-state index in [1.54, 1.807) is 12.1 Å². The Hall–Kier alpha value is -1.64. The summed E-state index contributed by atoms with van der Waals surface area (Å²) in [4.78, 5) is 22.4. The van der Waals surface area contributed by atoms with Crippen molar-refractivity contribution in [2.24, 2.45) is 0 Å². The first-order valence-electron chi connectivity index (χ1n) is 4.21. The topological polar surface area (TPSA) is 46.2 Å². The highest BCUT2D eigenvalue weighted by Gasteiger charge is 2.26. The van der Waals surface area contributed by atoms with E-state index >= 15 is 0 Å². The molecule has 0 bridgehead atoms. The Bertz CT molecular complexity index is 396. The van der Waals surface area contributed by atoms with E-state index in [0.717, 1.165) is 12.0 Å². The van der Waals surface area contributed by atoms with Crippen molar-refractivity contribution in [3.8, 4) is 0 Å². The molecule has 2 rings (SSSR count). The summed E-state index contributed by atoms with van der Waals surface area (Å²) < 4.78 is 0. The van der Waals surface area contributed by atoms with Crippen LogP contribution in [-0.4, -0.2) is 11.8 Å². The Morgan fingerprint density at radius 1 is 1.15 bits per heavy atom. The third-order valence-electron chi connectivity index (χ3n) is 2.21. The number of rotatable bonds is 1. The molecule has 0 fully saturated rings. The van der Waals surface area contributed by atoms with Crippen LogP contribution in [0.25, 0.3) is 0 Å². The molecule has 0 aromatic heterocycles. The highest BCUT2D eigenvalue weighted by Crippen LogP contribution is 2.17. The molecule has 0 saturated carbocycles. The highest BCUT2D eigenvalue weighted by atomic mass is 16.2. The van der Waals surface area contributed by atoms with Crippen molar-refractivity contribution in [3.05, 3.63) is 34.9 Å². The fourth-order valence-electron chi connectivity index (χ4n) is 1.43. The van der Waals surface area contributed by atoms with Crippen LogP contribution in [0.3, 0.4) is 0 Å². The third kappa shape index (κ3) is 1.13. The van der Waals surface area contributed by atoms with Gasteiger partial charge in [-0.3, -0.25) is 14.9 Å². The molecule has 1 N–H and O–H groups in total. The average molecular weight is 175 g/mol. The second-order valence-corrected chi connectivity index (χ2v) is 3.02. The minimum absolute atomic E-state index is 0.282. The Morgan fingerprint density at radius 3 is 2.54 bits per heavy atom. The first-order valence-corrected chi connectivity index (χ1v) is 4.21. The molecule has 1 aromatic carbocycles. The van der Waals surface area contributed by atoms with Gasteiger partial charge >= 0.3 is 0 Å². The zero-order valence-corrected chi connectivity index (χ0v) is 7.26. The van der Waals surface area contributed by atoms with Crippen molar-refractivity contribution < 1.29 is 9.59 Å². The fourth-order valence-corrected chi connectivity index (χ4v) is 1.43. The molecule has 0 radical (unpaired) electrons. The van der Waals surface area contributed by atoms with Crippen LogP contribution in [0.5, 0.6) is 0 Å². The summed E-state index contributed by atoms with van der Waals surface area (Å²) in [5, 5.41) is 2.26. The number of carbonyl (C=O) groups excluding carboxylic acids is 2. The van der Waals surface area contributed by atoms with Gasteiger partial charge in [0.25, 0.3) is 11.8 Å². The van der Waals surface area contributed by atoms with E-state index in [4.69, 9.17) is 0 Å². The third-order valence-corrected chi connectivity index (χ3v) is 2.21. The fraction of sp³-hybridized carbons (Fsp3) is 0.200. The van der Waals surface area contributed by atoms with Crippen LogP contribution in [0, 0.1) is 0 Å². The Labute approximate surface area is 75.8 Å². The Kier molecular flexibility index (Phi) is 1.65. The van der Waals surface area contributed by atoms with Gasteiger partial charge in [0.1, 0.15) is 0 Å². The predicted octanol–water partition coefficient (Wildman–Crippen LogP) is 1.13. The van der Waals surface area contributed by atoms with Crippen molar-refractivity contribution in [2.45, 2.75) is 13.3 Å². The molecule has 3 nitrogen and oxygen atoms in total. The summed E-state index contributed by atoms with van der Waals surface area (Å²) in [7, 11) is 0. The molecular weight excluding hydrogens is 166 g/mol. The zero-order chi connectivity index (χ0) is 9.42. The smallest absolute Gasteiger partial charge is 0.258 e. The van der Waals surface area contributed by atoms with E-state index < -0.39 is 0 Å². The van der Waals surface area contributed by atoms with Gasteiger partial charge in [0.2, 0.25) is 0 Å². The number of carbonyl (C=O) groups is 2. The quantitative estimate of drug-likeness (QED) is 0.650. The van der Waals surface area contributed by atoms with E-state index in [1.165, 1.54) is 0 Å². The van der Waals surface area contributed by atoms with Crippen LogP contribution in [-0.2, 0) is 6.42 Å². The minimum atomic E-state index is -0.289. The molecule has 13 heavy (non-hydrogen) atoms. The first kappa shape index (κ1) is 7.98. The number of benzene rings is 1. The first-order chi connectivity index (χ1) is 6.22. The maximum Gasteiger partial charge on any atom is 0.258 e. The summed E-state index contributed by atoms with van der Waals surface area (Å²) in [6.45, 7) is 2.01. The molecule has 0 unspecified atom stereocenters. The molecule has 0 atom stereocenters. The van der Waals surface area contributed by atoms with Gasteiger partial charge in [-0.15, -0.1) is 0 Å². The molecule has 0 aliphatic carbocycles. The number of fused-ring (bicyclic) bond motifs is 1. The molecule has 0 saturated heterocycles. The lowest BCUT2D eigenvalue weighted by molar-refractivity contribution is 0.0879. The van der Waals surface area contributed by atoms with Crippen molar-refractivity contribution in [2.75, 3.05) is 0 Å². The molecule has 1 aliphatic heterocycles. The van der Waals surface area contributed by atoms with E-state index in [2.05, 4.69) is 5.32 Å². The highest BCUT2D eigenvalue weighted by molar-refractivity contribution is 6.21. The zero-order valence-electron chi connectivity index (χ0n) is 7.26. The van der Waals surface area contributed by atoms with Gasteiger partial charge in [-0.25, -0.2) is 0 Å². The minimum Gasteiger partial charge on any atom is -0.288 e. The largest absolute Gasteiger partial charge is 0.288 e. The number of amides is 2. The lowest BCUT2D eigenvalue weighted by Gasteiger charge is -1.97. The van der Waals surface area contributed by atoms with Gasteiger partial charge in [-0.1, -0.05) is 13.0 Å². The van der Waals surface area contributed by atoms with Crippen molar-refractivity contribution in [1.29, 1.82) is 0 Å². The summed E-state index contributed by atoms with van der Waals surface area (Å²) in [6, 6.07) is 5.35. The van der Waals surface area contributed by atoms with Crippen LogP contribution in [0.2, 0.25) is 0 Å². The molecule has 1 aromatic rings. The van der Waals surface area contributed by atoms with Gasteiger partial charge < -0.3 is 0 Å². The molecule has 3 heteroatoms. The number of hydrogen-bond acceptors (Lipinski definition) is 2. The van der Waals surface area contributed by atoms with Gasteiger partial charge in [-0.05, 0) is 24.1 Å². The number of nitrogens with one attached hydrogen (secondary N) is 1. The van der Waals surface area contributed by atoms with Crippen LogP contribution < -0.4 is 5.32 Å². The standard InChI is InChI=1S/C10H9NO2/c1-2-6-3-4-7-8(5-6)10(13)11-9(7)12/h3-5H,2H2,1H3,(H,11,12,13). The van der Waals surface area contributed by atoms with E-state index in [9.17, 15) is 9.59 Å². The van der Waals surface area contributed by atoms with Crippen LogP contribution >= 0.6 is 0 Å².